The molecule has 1 atom stereocenters. The van der Waals surface area contributed by atoms with Gasteiger partial charge in [-0.2, -0.15) is 0 Å². The molecule has 1 aliphatic heterocycles. The Bertz CT molecular complexity index is 1460. The van der Waals surface area contributed by atoms with Gasteiger partial charge < -0.3 is 15.0 Å². The van der Waals surface area contributed by atoms with Crippen LogP contribution in [0.3, 0.4) is 0 Å². The number of nitrogens with zero attached hydrogens (tertiary/aromatic N) is 1. The van der Waals surface area contributed by atoms with E-state index in [0.717, 1.165) is 27.9 Å². The lowest BCUT2D eigenvalue weighted by atomic mass is 9.83. The SMILES string of the molecule is CCOC(=O)C1=C(C)N(Cc2ccc(C(=O)Nc3ccc(C)c(C)c3)cc2)C(=O)CC1c1ccc(Cl)c(Cl)c1. The van der Waals surface area contributed by atoms with Crippen molar-refractivity contribution in [2.45, 2.75) is 46.6 Å². The maximum Gasteiger partial charge on any atom is 0.336 e. The molecule has 39 heavy (non-hydrogen) atoms. The number of ether oxygens (including phenoxy) is 1. The lowest BCUT2D eigenvalue weighted by molar-refractivity contribution is -0.140. The van der Waals surface area contributed by atoms with Gasteiger partial charge in [0.2, 0.25) is 5.91 Å². The predicted molar refractivity (Wildman–Crippen MR) is 154 cm³/mol. The minimum absolute atomic E-state index is 0.0832. The van der Waals surface area contributed by atoms with Crippen molar-refractivity contribution in [3.63, 3.8) is 0 Å². The smallest absolute Gasteiger partial charge is 0.336 e. The van der Waals surface area contributed by atoms with Gasteiger partial charge in [-0.1, -0.05) is 47.5 Å². The first kappa shape index (κ1) is 28.4. The third-order valence-corrected chi connectivity index (χ3v) is 7.72. The van der Waals surface area contributed by atoms with Gasteiger partial charge in [-0.3, -0.25) is 9.59 Å². The van der Waals surface area contributed by atoms with Gasteiger partial charge in [0, 0.05) is 29.3 Å². The molecule has 6 nitrogen and oxygen atoms in total. The second-order valence-electron chi connectivity index (χ2n) is 9.58. The molecular weight excluding hydrogens is 535 g/mol. The minimum atomic E-state index is -0.501. The Balaban J connectivity index is 1.57. The summed E-state index contributed by atoms with van der Waals surface area (Å²) in [6.07, 6.45) is 0.0832. The van der Waals surface area contributed by atoms with Gasteiger partial charge in [0.05, 0.1) is 28.8 Å². The van der Waals surface area contributed by atoms with Crippen molar-refractivity contribution in [2.75, 3.05) is 11.9 Å². The van der Waals surface area contributed by atoms with Crippen molar-refractivity contribution >= 4 is 46.7 Å². The number of amides is 2. The standard InChI is InChI=1S/C31H30Cl2N2O4/c1-5-39-31(38)29-20(4)35(28(36)16-25(29)23-11-13-26(32)27(33)15-23)17-21-7-9-22(10-8-21)30(37)34-24-12-6-18(2)19(3)14-24/h6-15,25H,5,16-17H2,1-4H3,(H,34,37). The zero-order chi connectivity index (χ0) is 28.3. The quantitative estimate of drug-likeness (QED) is 0.307. The highest BCUT2D eigenvalue weighted by molar-refractivity contribution is 6.42. The number of halogens is 2. The van der Waals surface area contributed by atoms with Crippen molar-refractivity contribution in [1.82, 2.24) is 4.90 Å². The second kappa shape index (κ2) is 12.1. The number of benzene rings is 3. The number of esters is 1. The monoisotopic (exact) mass is 564 g/mol. The normalized spacial score (nSPS) is 15.4. The molecule has 3 aromatic rings. The lowest BCUT2D eigenvalue weighted by Crippen LogP contribution is -2.38. The maximum atomic E-state index is 13.3. The molecule has 0 aliphatic carbocycles. The summed E-state index contributed by atoms with van der Waals surface area (Å²) in [5.74, 6) is -1.32. The number of hydrogen-bond acceptors (Lipinski definition) is 4. The average molecular weight is 565 g/mol. The molecule has 0 saturated carbocycles. The zero-order valence-electron chi connectivity index (χ0n) is 22.3. The fraction of sp³-hybridized carbons (Fsp3) is 0.258. The van der Waals surface area contributed by atoms with Crippen LogP contribution in [0.5, 0.6) is 0 Å². The highest BCUT2D eigenvalue weighted by Crippen LogP contribution is 2.39. The van der Waals surface area contributed by atoms with Gasteiger partial charge in [0.1, 0.15) is 0 Å². The molecule has 3 aromatic carbocycles. The molecule has 0 fully saturated rings. The molecule has 8 heteroatoms. The van der Waals surface area contributed by atoms with E-state index in [4.69, 9.17) is 27.9 Å². The zero-order valence-corrected chi connectivity index (χ0v) is 23.8. The molecule has 0 spiro atoms. The molecule has 202 valence electrons. The third kappa shape index (κ3) is 6.35. The maximum absolute atomic E-state index is 13.3. The first-order valence-electron chi connectivity index (χ1n) is 12.7. The molecule has 0 radical (unpaired) electrons. The van der Waals surface area contributed by atoms with Gasteiger partial charge in [-0.15, -0.1) is 0 Å². The summed E-state index contributed by atoms with van der Waals surface area (Å²) in [7, 11) is 0. The van der Waals surface area contributed by atoms with Crippen LogP contribution in [-0.2, 0) is 20.9 Å². The van der Waals surface area contributed by atoms with E-state index in [2.05, 4.69) is 5.32 Å². The first-order chi connectivity index (χ1) is 18.6. The molecule has 1 aliphatic rings. The fourth-order valence-corrected chi connectivity index (χ4v) is 4.96. The average Bonchev–Trinajstić information content (AvgIpc) is 2.90. The van der Waals surface area contributed by atoms with Crippen LogP contribution in [-0.4, -0.2) is 29.3 Å². The summed E-state index contributed by atoms with van der Waals surface area (Å²) < 4.78 is 5.36. The van der Waals surface area contributed by atoms with Crippen LogP contribution < -0.4 is 5.32 Å². The van der Waals surface area contributed by atoms with Crippen molar-refractivity contribution in [3.8, 4) is 0 Å². The topological polar surface area (TPSA) is 75.7 Å². The largest absolute Gasteiger partial charge is 0.463 e. The van der Waals surface area contributed by atoms with Crippen LogP contribution in [0.4, 0.5) is 5.69 Å². The third-order valence-electron chi connectivity index (χ3n) is 6.99. The van der Waals surface area contributed by atoms with E-state index < -0.39 is 11.9 Å². The molecule has 4 rings (SSSR count). The van der Waals surface area contributed by atoms with E-state index in [1.54, 1.807) is 49.1 Å². The summed E-state index contributed by atoms with van der Waals surface area (Å²) in [5, 5.41) is 3.67. The fourth-order valence-electron chi connectivity index (χ4n) is 4.66. The molecule has 1 unspecified atom stereocenters. The Morgan fingerprint density at radius 3 is 2.31 bits per heavy atom. The number of rotatable bonds is 7. The summed E-state index contributed by atoms with van der Waals surface area (Å²) >= 11 is 12.3. The molecule has 0 aromatic heterocycles. The van der Waals surface area contributed by atoms with Gasteiger partial charge >= 0.3 is 5.97 Å². The predicted octanol–water partition coefficient (Wildman–Crippen LogP) is 7.22. The summed E-state index contributed by atoms with van der Waals surface area (Å²) in [4.78, 5) is 40.7. The molecular formula is C31H30Cl2N2O4. The summed E-state index contributed by atoms with van der Waals surface area (Å²) in [6, 6.07) is 18.0. The van der Waals surface area contributed by atoms with Crippen LogP contribution in [0, 0.1) is 13.8 Å². The van der Waals surface area contributed by atoms with Crippen LogP contribution in [0.25, 0.3) is 0 Å². The number of hydrogen-bond donors (Lipinski definition) is 1. The van der Waals surface area contributed by atoms with Crippen LogP contribution >= 0.6 is 23.2 Å². The van der Waals surface area contributed by atoms with Gasteiger partial charge in [0.15, 0.2) is 0 Å². The first-order valence-corrected chi connectivity index (χ1v) is 13.4. The second-order valence-corrected chi connectivity index (χ2v) is 10.4. The Morgan fingerprint density at radius 2 is 1.67 bits per heavy atom. The van der Waals surface area contributed by atoms with Crippen molar-refractivity contribution in [1.29, 1.82) is 0 Å². The number of anilines is 1. The van der Waals surface area contributed by atoms with E-state index in [-0.39, 0.29) is 31.4 Å². The Kier molecular flexibility index (Phi) is 8.78. The summed E-state index contributed by atoms with van der Waals surface area (Å²) in [5.41, 5.74) is 5.97. The molecule has 2 amide bonds. The molecule has 0 bridgehead atoms. The van der Waals surface area contributed by atoms with Gasteiger partial charge in [-0.05, 0) is 86.3 Å². The highest BCUT2D eigenvalue weighted by atomic mass is 35.5. The minimum Gasteiger partial charge on any atom is -0.463 e. The highest BCUT2D eigenvalue weighted by Gasteiger charge is 2.37. The van der Waals surface area contributed by atoms with Crippen LogP contribution in [0.1, 0.15) is 58.8 Å². The van der Waals surface area contributed by atoms with Crippen molar-refractivity contribution in [2.24, 2.45) is 0 Å². The Labute approximate surface area is 238 Å². The van der Waals surface area contributed by atoms with E-state index in [1.165, 1.54) is 0 Å². The number of carbonyl (C=O) groups excluding carboxylic acids is 3. The van der Waals surface area contributed by atoms with E-state index in [9.17, 15) is 14.4 Å². The number of nitrogens with one attached hydrogen (secondary N) is 1. The summed E-state index contributed by atoms with van der Waals surface area (Å²) in [6.45, 7) is 7.97. The molecule has 1 N–H and O–H groups in total. The lowest BCUT2D eigenvalue weighted by Gasteiger charge is -2.34. The number of allylic oxidation sites excluding steroid dienone is 1. The van der Waals surface area contributed by atoms with E-state index >= 15 is 0 Å². The van der Waals surface area contributed by atoms with E-state index in [1.807, 2.05) is 44.2 Å². The van der Waals surface area contributed by atoms with Gasteiger partial charge in [-0.25, -0.2) is 4.79 Å². The Hall–Kier alpha value is -3.61. The van der Waals surface area contributed by atoms with Crippen LogP contribution in [0.2, 0.25) is 10.0 Å². The number of carbonyl (C=O) groups is 3. The number of aryl methyl sites for hydroxylation is 2. The van der Waals surface area contributed by atoms with Crippen molar-refractivity contribution < 1.29 is 19.1 Å². The molecule has 0 saturated heterocycles. The van der Waals surface area contributed by atoms with Gasteiger partial charge in [0.25, 0.3) is 5.91 Å². The molecule has 1 heterocycles. The van der Waals surface area contributed by atoms with Crippen molar-refractivity contribution in [3.05, 3.63) is 110 Å². The van der Waals surface area contributed by atoms with Crippen LogP contribution in [0.15, 0.2) is 71.9 Å². The Morgan fingerprint density at radius 1 is 0.949 bits per heavy atom. The van der Waals surface area contributed by atoms with E-state index in [0.29, 0.717) is 26.9 Å².